The van der Waals surface area contributed by atoms with Gasteiger partial charge in [0, 0.05) is 18.2 Å². The van der Waals surface area contributed by atoms with Crippen molar-refractivity contribution in [3.8, 4) is 0 Å². The van der Waals surface area contributed by atoms with E-state index in [0.717, 1.165) is 0 Å². The number of hydrogen-bond donors (Lipinski definition) is 4. The van der Waals surface area contributed by atoms with Gasteiger partial charge in [0.25, 0.3) is 5.91 Å². The van der Waals surface area contributed by atoms with Crippen LogP contribution in [0.2, 0.25) is 0 Å². The van der Waals surface area contributed by atoms with Crippen LogP contribution in [0, 0.1) is 0 Å². The first-order chi connectivity index (χ1) is 8.90. The zero-order chi connectivity index (χ0) is 14.4. The quantitative estimate of drug-likeness (QED) is 0.398. The Morgan fingerprint density at radius 3 is 2.05 bits per heavy atom. The molecule has 1 rings (SSSR count). The number of carbonyl (C=O) groups is 4. The first-order valence-corrected chi connectivity index (χ1v) is 5.18. The van der Waals surface area contributed by atoms with Gasteiger partial charge in [0.15, 0.2) is 0 Å². The molecule has 0 aliphatic heterocycles. The highest BCUT2D eigenvalue weighted by molar-refractivity contribution is 6.34. The number of rotatable bonds is 2. The van der Waals surface area contributed by atoms with Crippen LogP contribution in [0.3, 0.4) is 0 Å². The fourth-order valence-corrected chi connectivity index (χ4v) is 1.16. The SMILES string of the molecule is CC(=O)Nc1ccc(C(=O)NNC(=O)C(N)=O)cc1. The second-order valence-corrected chi connectivity index (χ2v) is 3.53. The summed E-state index contributed by atoms with van der Waals surface area (Å²) in [6.07, 6.45) is 0. The summed E-state index contributed by atoms with van der Waals surface area (Å²) in [5, 5.41) is 2.53. The highest BCUT2D eigenvalue weighted by Crippen LogP contribution is 2.09. The average Bonchev–Trinajstić information content (AvgIpc) is 2.35. The van der Waals surface area contributed by atoms with Crippen LogP contribution < -0.4 is 21.9 Å². The highest BCUT2D eigenvalue weighted by Gasteiger charge is 2.10. The van der Waals surface area contributed by atoms with Crippen molar-refractivity contribution in [2.45, 2.75) is 6.92 Å². The minimum atomic E-state index is -1.21. The van der Waals surface area contributed by atoms with E-state index in [0.29, 0.717) is 5.69 Å². The smallest absolute Gasteiger partial charge is 0.327 e. The molecule has 0 aliphatic carbocycles. The second kappa shape index (κ2) is 6.15. The van der Waals surface area contributed by atoms with E-state index in [1.165, 1.54) is 31.2 Å². The molecule has 0 radical (unpaired) electrons. The van der Waals surface area contributed by atoms with E-state index in [2.05, 4.69) is 11.1 Å². The zero-order valence-corrected chi connectivity index (χ0v) is 10.0. The van der Waals surface area contributed by atoms with E-state index in [1.807, 2.05) is 10.9 Å². The van der Waals surface area contributed by atoms with Crippen molar-refractivity contribution in [1.29, 1.82) is 0 Å². The predicted octanol–water partition coefficient (Wildman–Crippen LogP) is -1.11. The maximum atomic E-state index is 11.5. The maximum Gasteiger partial charge on any atom is 0.327 e. The molecule has 0 aromatic heterocycles. The molecule has 8 heteroatoms. The number of benzene rings is 1. The van der Waals surface area contributed by atoms with E-state index >= 15 is 0 Å². The molecule has 1 aromatic rings. The Kier molecular flexibility index (Phi) is 4.58. The van der Waals surface area contributed by atoms with Crippen molar-refractivity contribution < 1.29 is 19.2 Å². The average molecular weight is 264 g/mol. The summed E-state index contributed by atoms with van der Waals surface area (Å²) < 4.78 is 0. The maximum absolute atomic E-state index is 11.5. The van der Waals surface area contributed by atoms with Gasteiger partial charge < -0.3 is 11.1 Å². The fourth-order valence-electron chi connectivity index (χ4n) is 1.16. The third-order valence-corrected chi connectivity index (χ3v) is 1.98. The fraction of sp³-hybridized carbons (Fsp3) is 0.0909. The number of primary amides is 1. The summed E-state index contributed by atoms with van der Waals surface area (Å²) in [7, 11) is 0. The van der Waals surface area contributed by atoms with Gasteiger partial charge in [0.2, 0.25) is 5.91 Å². The molecule has 1 aromatic carbocycles. The molecule has 0 spiro atoms. The third kappa shape index (κ3) is 4.46. The summed E-state index contributed by atoms with van der Waals surface area (Å²) in [6.45, 7) is 1.36. The number of amides is 4. The van der Waals surface area contributed by atoms with Crippen LogP contribution in [0.1, 0.15) is 17.3 Å². The summed E-state index contributed by atoms with van der Waals surface area (Å²) in [5.41, 5.74) is 9.31. The molecule has 0 bridgehead atoms. The van der Waals surface area contributed by atoms with Crippen molar-refractivity contribution in [2.24, 2.45) is 5.73 Å². The number of hydrogen-bond acceptors (Lipinski definition) is 4. The molecule has 0 heterocycles. The molecule has 0 unspecified atom stereocenters. The summed E-state index contributed by atoms with van der Waals surface area (Å²) in [4.78, 5) is 43.6. The molecular formula is C11H12N4O4. The summed E-state index contributed by atoms with van der Waals surface area (Å²) in [6, 6.07) is 5.92. The Bertz CT molecular complexity index is 524. The highest BCUT2D eigenvalue weighted by atomic mass is 16.2. The van der Waals surface area contributed by atoms with E-state index in [9.17, 15) is 19.2 Å². The molecule has 0 saturated heterocycles. The van der Waals surface area contributed by atoms with Gasteiger partial charge in [-0.3, -0.25) is 30.0 Å². The topological polar surface area (TPSA) is 130 Å². The van der Waals surface area contributed by atoms with E-state index < -0.39 is 17.7 Å². The van der Waals surface area contributed by atoms with E-state index in [1.54, 1.807) is 0 Å². The lowest BCUT2D eigenvalue weighted by molar-refractivity contribution is -0.137. The molecule has 0 aliphatic rings. The lowest BCUT2D eigenvalue weighted by Crippen LogP contribution is -2.47. The second-order valence-electron chi connectivity index (χ2n) is 3.53. The Labute approximate surface area is 108 Å². The Balaban J connectivity index is 2.60. The molecule has 19 heavy (non-hydrogen) atoms. The lowest BCUT2D eigenvalue weighted by Gasteiger charge is -2.06. The molecule has 5 N–H and O–H groups in total. The van der Waals surface area contributed by atoms with Crippen molar-refractivity contribution in [1.82, 2.24) is 10.9 Å². The Morgan fingerprint density at radius 1 is 1.00 bits per heavy atom. The molecule has 0 saturated carbocycles. The van der Waals surface area contributed by atoms with Gasteiger partial charge in [-0.2, -0.15) is 0 Å². The third-order valence-electron chi connectivity index (χ3n) is 1.98. The molecule has 0 atom stereocenters. The lowest BCUT2D eigenvalue weighted by atomic mass is 10.2. The standard InChI is InChI=1S/C11H12N4O4/c1-6(16)13-8-4-2-7(3-5-8)10(18)14-15-11(19)9(12)17/h2-5H,1H3,(H2,12,17)(H,13,16)(H,14,18)(H,15,19). The number of nitrogens with one attached hydrogen (secondary N) is 3. The van der Waals surface area contributed by atoms with Gasteiger partial charge in [-0.15, -0.1) is 0 Å². The summed E-state index contributed by atoms with van der Waals surface area (Å²) in [5.74, 6) is -3.18. The van der Waals surface area contributed by atoms with Gasteiger partial charge in [0.1, 0.15) is 0 Å². The van der Waals surface area contributed by atoms with Gasteiger partial charge in [0.05, 0.1) is 0 Å². The first kappa shape index (κ1) is 14.2. The summed E-state index contributed by atoms with van der Waals surface area (Å²) >= 11 is 0. The molecule has 4 amide bonds. The van der Waals surface area contributed by atoms with Crippen molar-refractivity contribution in [3.05, 3.63) is 29.8 Å². The van der Waals surface area contributed by atoms with Crippen molar-refractivity contribution in [2.75, 3.05) is 5.32 Å². The van der Waals surface area contributed by atoms with Gasteiger partial charge in [-0.05, 0) is 24.3 Å². The van der Waals surface area contributed by atoms with Gasteiger partial charge in [-0.25, -0.2) is 0 Å². The van der Waals surface area contributed by atoms with Crippen LogP contribution in [0.5, 0.6) is 0 Å². The van der Waals surface area contributed by atoms with Crippen LogP contribution in [0.4, 0.5) is 5.69 Å². The number of anilines is 1. The first-order valence-electron chi connectivity index (χ1n) is 5.18. The van der Waals surface area contributed by atoms with Gasteiger partial charge in [-0.1, -0.05) is 0 Å². The Hall–Kier alpha value is -2.90. The molecule has 0 fully saturated rings. The monoisotopic (exact) mass is 264 g/mol. The van der Waals surface area contributed by atoms with E-state index in [-0.39, 0.29) is 11.5 Å². The molecule has 8 nitrogen and oxygen atoms in total. The van der Waals surface area contributed by atoms with Crippen LogP contribution in [-0.2, 0) is 14.4 Å². The largest absolute Gasteiger partial charge is 0.361 e. The minimum absolute atomic E-state index is 0.231. The van der Waals surface area contributed by atoms with Crippen molar-refractivity contribution >= 4 is 29.3 Å². The van der Waals surface area contributed by atoms with Crippen LogP contribution in [-0.4, -0.2) is 23.6 Å². The van der Waals surface area contributed by atoms with Gasteiger partial charge >= 0.3 is 11.8 Å². The number of nitrogens with two attached hydrogens (primary N) is 1. The minimum Gasteiger partial charge on any atom is -0.361 e. The predicted molar refractivity (Wildman–Crippen MR) is 65.5 cm³/mol. The van der Waals surface area contributed by atoms with Crippen LogP contribution in [0.25, 0.3) is 0 Å². The molecule has 100 valence electrons. The van der Waals surface area contributed by atoms with E-state index in [4.69, 9.17) is 0 Å². The molecular weight excluding hydrogens is 252 g/mol. The van der Waals surface area contributed by atoms with Crippen LogP contribution in [0.15, 0.2) is 24.3 Å². The number of hydrazine groups is 1. The Morgan fingerprint density at radius 2 is 1.58 bits per heavy atom. The van der Waals surface area contributed by atoms with Crippen LogP contribution >= 0.6 is 0 Å². The number of carbonyl (C=O) groups excluding carboxylic acids is 4. The zero-order valence-electron chi connectivity index (χ0n) is 10.0. The normalized spacial score (nSPS) is 9.32. The van der Waals surface area contributed by atoms with Crippen molar-refractivity contribution in [3.63, 3.8) is 0 Å².